The maximum Gasteiger partial charge on any atom is 0.269 e. The zero-order valence-corrected chi connectivity index (χ0v) is 16.3. The molecule has 0 aliphatic rings. The molecule has 0 aliphatic heterocycles. The van der Waals surface area contributed by atoms with Crippen molar-refractivity contribution in [3.63, 3.8) is 0 Å². The first-order chi connectivity index (χ1) is 13.3. The second-order valence-electron chi connectivity index (χ2n) is 6.42. The summed E-state index contributed by atoms with van der Waals surface area (Å²) < 4.78 is 28.3. The molecule has 0 N–H and O–H groups in total. The topological polar surface area (TPSA) is 80.5 Å². The Hall–Kier alpha value is -3.19. The van der Waals surface area contributed by atoms with Crippen molar-refractivity contribution >= 4 is 21.4 Å². The van der Waals surface area contributed by atoms with E-state index in [1.165, 1.54) is 28.6 Å². The number of anilines is 1. The van der Waals surface area contributed by atoms with E-state index in [0.717, 1.165) is 11.1 Å². The van der Waals surface area contributed by atoms with E-state index in [0.29, 0.717) is 5.69 Å². The second-order valence-corrected chi connectivity index (χ2v) is 8.23. The molecule has 6 nitrogen and oxygen atoms in total. The smallest absolute Gasteiger partial charge is 0.259 e. The molecule has 0 saturated heterocycles. The number of hydrogen-bond acceptors (Lipinski definition) is 4. The third-order valence-corrected chi connectivity index (χ3v) is 6.52. The first-order valence-corrected chi connectivity index (χ1v) is 10.2. The molecule has 3 aromatic rings. The number of aryl methyl sites for hydroxylation is 1. The van der Waals surface area contributed by atoms with Crippen molar-refractivity contribution in [3.8, 4) is 0 Å². The van der Waals surface area contributed by atoms with Crippen molar-refractivity contribution in [2.75, 3.05) is 4.31 Å². The van der Waals surface area contributed by atoms with Gasteiger partial charge in [-0.1, -0.05) is 42.5 Å². The van der Waals surface area contributed by atoms with Crippen molar-refractivity contribution in [2.45, 2.75) is 24.8 Å². The third kappa shape index (κ3) is 3.75. The highest BCUT2D eigenvalue weighted by atomic mass is 32.2. The van der Waals surface area contributed by atoms with Gasteiger partial charge in [-0.2, -0.15) is 0 Å². The number of rotatable bonds is 6. The third-order valence-electron chi connectivity index (χ3n) is 4.61. The van der Waals surface area contributed by atoms with Gasteiger partial charge in [-0.05, 0) is 49.2 Å². The van der Waals surface area contributed by atoms with Gasteiger partial charge >= 0.3 is 0 Å². The molecule has 3 aromatic carbocycles. The molecule has 0 fully saturated rings. The molecule has 0 radical (unpaired) electrons. The molecule has 1 atom stereocenters. The van der Waals surface area contributed by atoms with Crippen LogP contribution in [0.5, 0.6) is 0 Å². The largest absolute Gasteiger partial charge is 0.269 e. The predicted molar refractivity (Wildman–Crippen MR) is 109 cm³/mol. The Kier molecular flexibility index (Phi) is 5.46. The van der Waals surface area contributed by atoms with Gasteiger partial charge in [0.25, 0.3) is 15.7 Å². The van der Waals surface area contributed by atoms with Gasteiger partial charge in [0.2, 0.25) is 0 Å². The van der Waals surface area contributed by atoms with Crippen LogP contribution in [0.25, 0.3) is 0 Å². The van der Waals surface area contributed by atoms with Crippen LogP contribution in [0, 0.1) is 17.0 Å². The van der Waals surface area contributed by atoms with Crippen molar-refractivity contribution < 1.29 is 13.3 Å². The van der Waals surface area contributed by atoms with Gasteiger partial charge in [-0.25, -0.2) is 8.42 Å². The lowest BCUT2D eigenvalue weighted by molar-refractivity contribution is -0.384. The average Bonchev–Trinajstić information content (AvgIpc) is 2.69. The van der Waals surface area contributed by atoms with E-state index in [4.69, 9.17) is 0 Å². The highest BCUT2D eigenvalue weighted by molar-refractivity contribution is 7.92. The highest BCUT2D eigenvalue weighted by Gasteiger charge is 2.31. The molecule has 7 heteroatoms. The normalized spacial score (nSPS) is 12.4. The van der Waals surface area contributed by atoms with Crippen LogP contribution < -0.4 is 4.31 Å². The fraction of sp³-hybridized carbons (Fsp3) is 0.143. The number of nitro benzene ring substituents is 1. The van der Waals surface area contributed by atoms with Crippen LogP contribution in [-0.4, -0.2) is 13.3 Å². The number of non-ortho nitro benzene ring substituents is 1. The molecule has 0 unspecified atom stereocenters. The molecule has 0 aliphatic carbocycles. The van der Waals surface area contributed by atoms with E-state index in [1.54, 1.807) is 24.3 Å². The Labute approximate surface area is 164 Å². The minimum absolute atomic E-state index is 0.00221. The zero-order valence-electron chi connectivity index (χ0n) is 15.5. The summed E-state index contributed by atoms with van der Waals surface area (Å²) in [5.74, 6) is 0. The van der Waals surface area contributed by atoms with Crippen LogP contribution >= 0.6 is 0 Å². The predicted octanol–water partition coefficient (Wildman–Crippen LogP) is 4.86. The highest BCUT2D eigenvalue weighted by Crippen LogP contribution is 2.34. The van der Waals surface area contributed by atoms with Gasteiger partial charge in [0.15, 0.2) is 0 Å². The lowest BCUT2D eigenvalue weighted by Crippen LogP contribution is -2.34. The summed E-state index contributed by atoms with van der Waals surface area (Å²) in [7, 11) is -3.95. The minimum atomic E-state index is -3.95. The number of para-hydroxylation sites is 1. The van der Waals surface area contributed by atoms with E-state index >= 15 is 0 Å². The van der Waals surface area contributed by atoms with Gasteiger partial charge in [-0.3, -0.25) is 14.4 Å². The van der Waals surface area contributed by atoms with Gasteiger partial charge in [0.05, 0.1) is 21.5 Å². The fourth-order valence-electron chi connectivity index (χ4n) is 3.18. The van der Waals surface area contributed by atoms with Crippen LogP contribution in [0.4, 0.5) is 11.4 Å². The molecule has 144 valence electrons. The fourth-order valence-corrected chi connectivity index (χ4v) is 4.82. The number of hydrogen-bond donors (Lipinski definition) is 0. The van der Waals surface area contributed by atoms with Crippen molar-refractivity contribution in [2.24, 2.45) is 0 Å². The van der Waals surface area contributed by atoms with Gasteiger partial charge < -0.3 is 0 Å². The number of sulfonamides is 1. The van der Waals surface area contributed by atoms with Crippen LogP contribution in [0.1, 0.15) is 24.1 Å². The number of nitro groups is 1. The average molecular weight is 396 g/mol. The minimum Gasteiger partial charge on any atom is -0.259 e. The van der Waals surface area contributed by atoms with Gasteiger partial charge in [0.1, 0.15) is 0 Å². The molecule has 0 saturated carbocycles. The van der Waals surface area contributed by atoms with Gasteiger partial charge in [0, 0.05) is 12.1 Å². The number of nitrogens with zero attached hydrogens (tertiary/aromatic N) is 2. The lowest BCUT2D eigenvalue weighted by atomic mass is 10.0. The van der Waals surface area contributed by atoms with Crippen LogP contribution in [-0.2, 0) is 10.0 Å². The van der Waals surface area contributed by atoms with Crippen molar-refractivity contribution in [3.05, 3.63) is 100 Å². The van der Waals surface area contributed by atoms with E-state index < -0.39 is 21.0 Å². The zero-order chi connectivity index (χ0) is 20.3. The maximum absolute atomic E-state index is 13.5. The van der Waals surface area contributed by atoms with Gasteiger partial charge in [-0.15, -0.1) is 0 Å². The first-order valence-electron chi connectivity index (χ1n) is 8.72. The molecule has 28 heavy (non-hydrogen) atoms. The Morgan fingerprint density at radius 3 is 2.04 bits per heavy atom. The molecule has 0 bridgehead atoms. The summed E-state index contributed by atoms with van der Waals surface area (Å²) in [6.45, 7) is 3.77. The Morgan fingerprint density at radius 1 is 0.893 bits per heavy atom. The molecule has 0 spiro atoms. The Morgan fingerprint density at radius 2 is 1.46 bits per heavy atom. The lowest BCUT2D eigenvalue weighted by Gasteiger charge is -2.31. The van der Waals surface area contributed by atoms with E-state index in [-0.39, 0.29) is 10.6 Å². The van der Waals surface area contributed by atoms with Crippen LogP contribution in [0.3, 0.4) is 0 Å². The maximum atomic E-state index is 13.5. The Balaban J connectivity index is 2.13. The number of benzene rings is 3. The van der Waals surface area contributed by atoms with Crippen LogP contribution in [0.15, 0.2) is 83.8 Å². The standard InChI is InChI=1S/C21H20N2O4S/c1-16-8-6-7-11-21(16)17(2)22(18-9-4-3-5-10-18)28(26,27)20-14-12-19(13-15-20)23(24)25/h3-15,17H,1-2H3/t17-/m0/s1. The SMILES string of the molecule is Cc1ccccc1[C@H](C)N(c1ccccc1)S(=O)(=O)c1ccc([N+](=O)[O-])cc1. The molecular formula is C21H20N2O4S. The van der Waals surface area contributed by atoms with Crippen LogP contribution in [0.2, 0.25) is 0 Å². The summed E-state index contributed by atoms with van der Waals surface area (Å²) in [6.07, 6.45) is 0. The molecular weight excluding hydrogens is 376 g/mol. The first kappa shape index (κ1) is 19.6. The second kappa shape index (κ2) is 7.82. The Bertz CT molecular complexity index is 1080. The monoisotopic (exact) mass is 396 g/mol. The summed E-state index contributed by atoms with van der Waals surface area (Å²) >= 11 is 0. The summed E-state index contributed by atoms with van der Waals surface area (Å²) in [4.78, 5) is 10.3. The molecule has 0 heterocycles. The molecule has 0 aromatic heterocycles. The van der Waals surface area contributed by atoms with E-state index in [2.05, 4.69) is 0 Å². The van der Waals surface area contributed by atoms with E-state index in [1.807, 2.05) is 44.2 Å². The quantitative estimate of drug-likeness (QED) is 0.440. The van der Waals surface area contributed by atoms with Crippen molar-refractivity contribution in [1.82, 2.24) is 0 Å². The summed E-state index contributed by atoms with van der Waals surface area (Å²) in [6, 6.07) is 20.9. The summed E-state index contributed by atoms with van der Waals surface area (Å²) in [5.41, 5.74) is 2.24. The summed E-state index contributed by atoms with van der Waals surface area (Å²) in [5, 5.41) is 10.9. The molecule has 0 amide bonds. The van der Waals surface area contributed by atoms with E-state index in [9.17, 15) is 18.5 Å². The van der Waals surface area contributed by atoms with Crippen molar-refractivity contribution in [1.29, 1.82) is 0 Å². The molecule has 3 rings (SSSR count).